The van der Waals surface area contributed by atoms with Gasteiger partial charge in [-0.05, 0) is 32.9 Å². The topological polar surface area (TPSA) is 36.0 Å². The van der Waals surface area contributed by atoms with E-state index in [1.807, 2.05) is 0 Å². The van der Waals surface area contributed by atoms with Crippen LogP contribution in [0, 0.1) is 5.92 Å². The molecule has 1 aliphatic heterocycles. The maximum atomic E-state index is 11.9. The fourth-order valence-corrected chi connectivity index (χ4v) is 2.78. The van der Waals surface area contributed by atoms with Crippen LogP contribution in [0.4, 0.5) is 0 Å². The zero-order chi connectivity index (χ0) is 13.8. The molecule has 1 heterocycles. The zero-order valence-electron chi connectivity index (χ0n) is 12.5. The lowest BCUT2D eigenvalue weighted by Crippen LogP contribution is -2.54. The predicted molar refractivity (Wildman–Crippen MR) is 75.1 cm³/mol. The minimum atomic E-state index is -0.0377. The van der Waals surface area contributed by atoms with Gasteiger partial charge in [0.25, 0.3) is 0 Å². The number of piperazine rings is 1. The van der Waals surface area contributed by atoms with E-state index in [2.05, 4.69) is 28.8 Å². The Morgan fingerprint density at radius 2 is 1.89 bits per heavy atom. The van der Waals surface area contributed by atoms with E-state index in [0.717, 1.165) is 39.3 Å². The van der Waals surface area contributed by atoms with Gasteiger partial charge in [-0.3, -0.25) is 14.6 Å². The molecule has 0 radical (unpaired) electrons. The van der Waals surface area contributed by atoms with E-state index in [0.29, 0.717) is 5.92 Å². The van der Waals surface area contributed by atoms with Crippen molar-refractivity contribution in [3.63, 3.8) is 0 Å². The fourth-order valence-electron chi connectivity index (χ4n) is 2.78. The van der Waals surface area contributed by atoms with Crippen LogP contribution in [0.25, 0.3) is 0 Å². The van der Waals surface area contributed by atoms with Gasteiger partial charge in [0.05, 0.1) is 7.11 Å². The maximum absolute atomic E-state index is 11.9. The molecule has 5 heteroatoms. The van der Waals surface area contributed by atoms with Crippen LogP contribution < -0.4 is 0 Å². The largest absolute Gasteiger partial charge is 0.468 e. The fraction of sp³-hybridized carbons (Fsp3) is 0.929. The standard InChI is InChI=1S/C14H27N3O2/c1-15(2)6-7-16-8-10-17(11-9-16)13(12-4-5-12)14(18)19-3/h12-13H,4-11H2,1-3H3. The molecule has 0 aromatic carbocycles. The molecule has 1 saturated heterocycles. The molecule has 1 aliphatic carbocycles. The summed E-state index contributed by atoms with van der Waals surface area (Å²) in [5.74, 6) is 0.505. The molecule has 1 saturated carbocycles. The second-order valence-corrected chi connectivity index (χ2v) is 5.99. The molecule has 0 amide bonds. The van der Waals surface area contributed by atoms with Crippen LogP contribution in [-0.4, -0.2) is 87.2 Å². The predicted octanol–water partition coefficient (Wildman–Crippen LogP) is 0.117. The molecule has 1 unspecified atom stereocenters. The van der Waals surface area contributed by atoms with Crippen molar-refractivity contribution < 1.29 is 9.53 Å². The summed E-state index contributed by atoms with van der Waals surface area (Å²) in [6.07, 6.45) is 2.36. The molecule has 2 rings (SSSR count). The summed E-state index contributed by atoms with van der Waals surface area (Å²) in [5.41, 5.74) is 0. The number of nitrogens with zero attached hydrogens (tertiary/aromatic N) is 3. The summed E-state index contributed by atoms with van der Waals surface area (Å²) in [6, 6.07) is 0.0148. The van der Waals surface area contributed by atoms with Gasteiger partial charge in [0, 0.05) is 39.3 Å². The molecule has 2 fully saturated rings. The first-order chi connectivity index (χ1) is 9.11. The molecule has 0 aromatic rings. The quantitative estimate of drug-likeness (QED) is 0.640. The van der Waals surface area contributed by atoms with Crippen LogP contribution >= 0.6 is 0 Å². The minimum absolute atomic E-state index is 0.0148. The van der Waals surface area contributed by atoms with E-state index < -0.39 is 0 Å². The highest BCUT2D eigenvalue weighted by molar-refractivity contribution is 5.76. The Morgan fingerprint density at radius 3 is 2.37 bits per heavy atom. The summed E-state index contributed by atoms with van der Waals surface area (Å²) >= 11 is 0. The third-order valence-electron chi connectivity index (χ3n) is 4.17. The highest BCUT2D eigenvalue weighted by Gasteiger charge is 2.41. The average Bonchev–Trinajstić information content (AvgIpc) is 3.22. The second kappa shape index (κ2) is 6.68. The van der Waals surface area contributed by atoms with Crippen LogP contribution in [0.3, 0.4) is 0 Å². The van der Waals surface area contributed by atoms with Gasteiger partial charge in [-0.1, -0.05) is 0 Å². The van der Waals surface area contributed by atoms with Crippen LogP contribution in [0.15, 0.2) is 0 Å². The Kier molecular flexibility index (Phi) is 5.19. The molecular formula is C14H27N3O2. The van der Waals surface area contributed by atoms with Crippen molar-refractivity contribution in [3.05, 3.63) is 0 Å². The van der Waals surface area contributed by atoms with E-state index >= 15 is 0 Å². The number of esters is 1. The third kappa shape index (κ3) is 4.16. The first kappa shape index (κ1) is 14.8. The van der Waals surface area contributed by atoms with Crippen molar-refractivity contribution in [3.8, 4) is 0 Å². The van der Waals surface area contributed by atoms with E-state index in [1.165, 1.54) is 20.0 Å². The van der Waals surface area contributed by atoms with Gasteiger partial charge in [-0.15, -0.1) is 0 Å². The van der Waals surface area contributed by atoms with Crippen molar-refractivity contribution in [2.45, 2.75) is 18.9 Å². The Morgan fingerprint density at radius 1 is 1.26 bits per heavy atom. The van der Waals surface area contributed by atoms with Gasteiger partial charge in [0.2, 0.25) is 0 Å². The summed E-state index contributed by atoms with van der Waals surface area (Å²) < 4.78 is 4.97. The van der Waals surface area contributed by atoms with Crippen molar-refractivity contribution >= 4 is 5.97 Å². The number of hydrogen-bond donors (Lipinski definition) is 0. The van der Waals surface area contributed by atoms with Crippen LogP contribution in [0.5, 0.6) is 0 Å². The van der Waals surface area contributed by atoms with E-state index in [-0.39, 0.29) is 12.0 Å². The Hall–Kier alpha value is -0.650. The lowest BCUT2D eigenvalue weighted by atomic mass is 10.1. The monoisotopic (exact) mass is 269 g/mol. The molecule has 0 bridgehead atoms. The number of carbonyl (C=O) groups is 1. The van der Waals surface area contributed by atoms with Crippen molar-refractivity contribution in [2.24, 2.45) is 5.92 Å². The molecule has 1 atom stereocenters. The van der Waals surface area contributed by atoms with Crippen LogP contribution in [-0.2, 0) is 9.53 Å². The maximum Gasteiger partial charge on any atom is 0.323 e. The van der Waals surface area contributed by atoms with Crippen LogP contribution in [0.2, 0.25) is 0 Å². The molecule has 5 nitrogen and oxygen atoms in total. The van der Waals surface area contributed by atoms with Crippen molar-refractivity contribution in [2.75, 3.05) is 60.5 Å². The van der Waals surface area contributed by atoms with Crippen LogP contribution in [0.1, 0.15) is 12.8 Å². The Labute approximate surface area is 116 Å². The number of carbonyl (C=O) groups excluding carboxylic acids is 1. The van der Waals surface area contributed by atoms with Gasteiger partial charge in [-0.2, -0.15) is 0 Å². The first-order valence-electron chi connectivity index (χ1n) is 7.30. The lowest BCUT2D eigenvalue weighted by Gasteiger charge is -2.38. The first-order valence-corrected chi connectivity index (χ1v) is 7.30. The molecule has 110 valence electrons. The lowest BCUT2D eigenvalue weighted by molar-refractivity contribution is -0.148. The van der Waals surface area contributed by atoms with Crippen molar-refractivity contribution in [1.29, 1.82) is 0 Å². The number of likely N-dealkylation sites (N-methyl/N-ethyl adjacent to an activating group) is 1. The number of rotatable bonds is 6. The van der Waals surface area contributed by atoms with E-state index in [9.17, 15) is 4.79 Å². The number of methoxy groups -OCH3 is 1. The summed E-state index contributed by atoms with van der Waals surface area (Å²) in [7, 11) is 5.72. The highest BCUT2D eigenvalue weighted by atomic mass is 16.5. The van der Waals surface area contributed by atoms with Crippen molar-refractivity contribution in [1.82, 2.24) is 14.7 Å². The number of ether oxygens (including phenoxy) is 1. The molecule has 2 aliphatic rings. The Balaban J connectivity index is 1.79. The normalized spacial score (nSPS) is 23.6. The second-order valence-electron chi connectivity index (χ2n) is 5.99. The minimum Gasteiger partial charge on any atom is -0.468 e. The van der Waals surface area contributed by atoms with Gasteiger partial charge >= 0.3 is 5.97 Å². The molecular weight excluding hydrogens is 242 g/mol. The molecule has 19 heavy (non-hydrogen) atoms. The zero-order valence-corrected chi connectivity index (χ0v) is 12.5. The van der Waals surface area contributed by atoms with Gasteiger partial charge in [-0.25, -0.2) is 0 Å². The number of hydrogen-bond acceptors (Lipinski definition) is 5. The highest BCUT2D eigenvalue weighted by Crippen LogP contribution is 2.36. The third-order valence-corrected chi connectivity index (χ3v) is 4.17. The van der Waals surface area contributed by atoms with E-state index in [4.69, 9.17) is 4.74 Å². The summed E-state index contributed by atoms with van der Waals surface area (Å²) in [6.45, 7) is 6.33. The molecule has 0 spiro atoms. The SMILES string of the molecule is COC(=O)C(C1CC1)N1CCN(CCN(C)C)CC1. The van der Waals surface area contributed by atoms with Gasteiger partial charge in [0.1, 0.15) is 6.04 Å². The van der Waals surface area contributed by atoms with E-state index in [1.54, 1.807) is 0 Å². The van der Waals surface area contributed by atoms with Gasteiger partial charge in [0.15, 0.2) is 0 Å². The van der Waals surface area contributed by atoms with Gasteiger partial charge < -0.3 is 9.64 Å². The average molecular weight is 269 g/mol. The smallest absolute Gasteiger partial charge is 0.323 e. The summed E-state index contributed by atoms with van der Waals surface area (Å²) in [4.78, 5) is 18.9. The molecule has 0 aromatic heterocycles. The summed E-state index contributed by atoms with van der Waals surface area (Å²) in [5, 5.41) is 0. The Bertz CT molecular complexity index is 297. The molecule has 0 N–H and O–H groups in total.